The molecule has 0 aliphatic carbocycles. The van der Waals surface area contributed by atoms with Crippen LogP contribution in [0.25, 0.3) is 0 Å². The van der Waals surface area contributed by atoms with Gasteiger partial charge in [-0.3, -0.25) is 4.98 Å². The van der Waals surface area contributed by atoms with Crippen molar-refractivity contribution in [2.24, 2.45) is 0 Å². The Morgan fingerprint density at radius 1 is 0.967 bits per heavy atom. The maximum Gasteiger partial charge on any atom is 0.170 e. The Labute approximate surface area is 183 Å². The molecular formula is C24H27N3O2S. The van der Waals surface area contributed by atoms with Crippen LogP contribution in [0.5, 0.6) is 11.5 Å². The molecule has 0 aliphatic rings. The molecule has 5 nitrogen and oxygen atoms in total. The summed E-state index contributed by atoms with van der Waals surface area (Å²) in [5.74, 6) is 1.41. The summed E-state index contributed by atoms with van der Waals surface area (Å²) in [6.07, 6.45) is 3.64. The molecule has 1 heterocycles. The number of rotatable bonds is 8. The predicted octanol–water partition coefficient (Wildman–Crippen LogP) is 4.74. The van der Waals surface area contributed by atoms with Crippen molar-refractivity contribution in [1.29, 1.82) is 0 Å². The van der Waals surface area contributed by atoms with E-state index < -0.39 is 0 Å². The van der Waals surface area contributed by atoms with Crippen LogP contribution in [0.3, 0.4) is 0 Å². The average molecular weight is 422 g/mol. The number of nitrogens with one attached hydrogen (secondary N) is 1. The van der Waals surface area contributed by atoms with Crippen LogP contribution in [0.4, 0.5) is 0 Å². The minimum atomic E-state index is 0.0977. The molecule has 1 atom stereocenters. The summed E-state index contributed by atoms with van der Waals surface area (Å²) in [5.41, 5.74) is 3.36. The Balaban J connectivity index is 1.80. The Hall–Kier alpha value is -3.12. The second-order valence-corrected chi connectivity index (χ2v) is 7.38. The van der Waals surface area contributed by atoms with Crippen LogP contribution in [-0.2, 0) is 13.1 Å². The minimum absolute atomic E-state index is 0.0977. The van der Waals surface area contributed by atoms with Crippen molar-refractivity contribution in [3.05, 3.63) is 89.7 Å². The molecule has 1 aromatic heterocycles. The molecule has 0 saturated heterocycles. The number of ether oxygens (including phenoxy) is 2. The van der Waals surface area contributed by atoms with Crippen LogP contribution in [0, 0.1) is 0 Å². The van der Waals surface area contributed by atoms with E-state index in [-0.39, 0.29) is 6.04 Å². The molecule has 3 aromatic rings. The first-order valence-corrected chi connectivity index (χ1v) is 10.2. The highest BCUT2D eigenvalue weighted by Crippen LogP contribution is 2.28. The van der Waals surface area contributed by atoms with Crippen molar-refractivity contribution >= 4 is 17.3 Å². The number of pyridine rings is 1. The third-order valence-electron chi connectivity index (χ3n) is 4.84. The summed E-state index contributed by atoms with van der Waals surface area (Å²) >= 11 is 5.80. The van der Waals surface area contributed by atoms with Gasteiger partial charge in [-0.15, -0.1) is 0 Å². The van der Waals surface area contributed by atoms with E-state index in [1.807, 2.05) is 48.7 Å². The minimum Gasteiger partial charge on any atom is -0.493 e. The molecular weight excluding hydrogens is 394 g/mol. The molecule has 30 heavy (non-hydrogen) atoms. The molecule has 0 amide bonds. The first-order chi connectivity index (χ1) is 14.6. The molecule has 0 aliphatic heterocycles. The summed E-state index contributed by atoms with van der Waals surface area (Å²) in [6.45, 7) is 3.39. The van der Waals surface area contributed by atoms with Gasteiger partial charge >= 0.3 is 0 Å². The topological polar surface area (TPSA) is 46.6 Å². The molecule has 2 aromatic carbocycles. The fraction of sp³-hybridized carbons (Fsp3) is 0.250. The van der Waals surface area contributed by atoms with Crippen LogP contribution in [0.15, 0.2) is 73.1 Å². The summed E-state index contributed by atoms with van der Waals surface area (Å²) in [6, 6.07) is 20.3. The van der Waals surface area contributed by atoms with Gasteiger partial charge in [-0.05, 0) is 54.0 Å². The number of methoxy groups -OCH3 is 2. The van der Waals surface area contributed by atoms with E-state index in [1.54, 1.807) is 20.4 Å². The summed E-state index contributed by atoms with van der Waals surface area (Å²) in [5, 5.41) is 4.15. The van der Waals surface area contributed by atoms with E-state index in [0.29, 0.717) is 29.7 Å². The van der Waals surface area contributed by atoms with Gasteiger partial charge in [0.2, 0.25) is 0 Å². The molecule has 6 heteroatoms. The number of thiocarbonyl (C=S) groups is 1. The summed E-state index contributed by atoms with van der Waals surface area (Å²) in [7, 11) is 3.28. The van der Waals surface area contributed by atoms with Crippen LogP contribution in [0.1, 0.15) is 29.7 Å². The SMILES string of the molecule is COc1ccc(CN(Cc2cccnc2)C(=S)N[C@H](C)c2ccccc2)cc1OC. The van der Waals surface area contributed by atoms with Gasteiger partial charge in [0, 0.05) is 25.5 Å². The van der Waals surface area contributed by atoms with Crippen molar-refractivity contribution in [3.8, 4) is 11.5 Å². The van der Waals surface area contributed by atoms with Crippen molar-refractivity contribution in [3.63, 3.8) is 0 Å². The summed E-state index contributed by atoms with van der Waals surface area (Å²) < 4.78 is 10.8. The molecule has 0 fully saturated rings. The van der Waals surface area contributed by atoms with Crippen molar-refractivity contribution < 1.29 is 9.47 Å². The Kier molecular flexibility index (Phi) is 7.63. The fourth-order valence-corrected chi connectivity index (χ4v) is 3.52. The lowest BCUT2D eigenvalue weighted by molar-refractivity contribution is 0.352. The maximum atomic E-state index is 5.80. The van der Waals surface area contributed by atoms with Crippen molar-refractivity contribution in [2.45, 2.75) is 26.1 Å². The Morgan fingerprint density at radius 3 is 2.37 bits per heavy atom. The number of benzene rings is 2. The third kappa shape index (κ3) is 5.70. The van der Waals surface area contributed by atoms with Gasteiger partial charge in [-0.2, -0.15) is 0 Å². The second kappa shape index (κ2) is 10.6. The van der Waals surface area contributed by atoms with Crippen molar-refractivity contribution in [1.82, 2.24) is 15.2 Å². The number of hydrogen-bond acceptors (Lipinski definition) is 4. The van der Waals surface area contributed by atoms with Crippen LogP contribution in [0.2, 0.25) is 0 Å². The molecule has 0 unspecified atom stereocenters. The van der Waals surface area contributed by atoms with Gasteiger partial charge in [0.1, 0.15) is 0 Å². The highest BCUT2D eigenvalue weighted by atomic mass is 32.1. The number of hydrogen-bond donors (Lipinski definition) is 1. The largest absolute Gasteiger partial charge is 0.493 e. The predicted molar refractivity (Wildman–Crippen MR) is 124 cm³/mol. The maximum absolute atomic E-state index is 5.80. The smallest absolute Gasteiger partial charge is 0.170 e. The molecule has 0 bridgehead atoms. The van der Waals surface area contributed by atoms with Gasteiger partial charge < -0.3 is 19.7 Å². The van der Waals surface area contributed by atoms with Gasteiger partial charge in [-0.25, -0.2) is 0 Å². The van der Waals surface area contributed by atoms with E-state index >= 15 is 0 Å². The van der Waals surface area contributed by atoms with Crippen molar-refractivity contribution in [2.75, 3.05) is 14.2 Å². The first kappa shape index (κ1) is 21.6. The highest BCUT2D eigenvalue weighted by molar-refractivity contribution is 7.80. The van der Waals surface area contributed by atoms with Crippen LogP contribution < -0.4 is 14.8 Å². The monoisotopic (exact) mass is 421 g/mol. The Bertz CT molecular complexity index is 951. The summed E-state index contributed by atoms with van der Waals surface area (Å²) in [4.78, 5) is 6.37. The fourth-order valence-electron chi connectivity index (χ4n) is 3.21. The van der Waals surface area contributed by atoms with E-state index in [9.17, 15) is 0 Å². The lowest BCUT2D eigenvalue weighted by Gasteiger charge is -2.28. The van der Waals surface area contributed by atoms with E-state index in [0.717, 1.165) is 11.1 Å². The Morgan fingerprint density at radius 2 is 1.70 bits per heavy atom. The molecule has 0 saturated carbocycles. The van der Waals surface area contributed by atoms with Crippen LogP contribution >= 0.6 is 12.2 Å². The lowest BCUT2D eigenvalue weighted by Crippen LogP contribution is -2.40. The third-order valence-corrected chi connectivity index (χ3v) is 5.22. The average Bonchev–Trinajstić information content (AvgIpc) is 2.79. The zero-order valence-corrected chi connectivity index (χ0v) is 18.4. The molecule has 0 spiro atoms. The van der Waals surface area contributed by atoms with E-state index in [4.69, 9.17) is 21.7 Å². The van der Waals surface area contributed by atoms with E-state index in [2.05, 4.69) is 40.3 Å². The zero-order valence-electron chi connectivity index (χ0n) is 17.5. The van der Waals surface area contributed by atoms with Crippen LogP contribution in [-0.4, -0.2) is 29.2 Å². The molecule has 3 rings (SSSR count). The molecule has 1 N–H and O–H groups in total. The molecule has 0 radical (unpaired) electrons. The van der Waals surface area contributed by atoms with E-state index in [1.165, 1.54) is 5.56 Å². The highest BCUT2D eigenvalue weighted by Gasteiger charge is 2.16. The second-order valence-electron chi connectivity index (χ2n) is 6.99. The zero-order chi connectivity index (χ0) is 21.3. The quantitative estimate of drug-likeness (QED) is 0.530. The molecule has 156 valence electrons. The lowest BCUT2D eigenvalue weighted by atomic mass is 10.1. The standard InChI is InChI=1S/C24H27N3O2S/c1-18(21-9-5-4-6-10-21)26-24(30)27(17-20-8-7-13-25-15-20)16-19-11-12-22(28-2)23(14-19)29-3/h4-15,18H,16-17H2,1-3H3,(H,26,30)/t18-/m1/s1. The first-order valence-electron chi connectivity index (χ1n) is 9.81. The van der Waals surface area contributed by atoms with Gasteiger partial charge in [0.25, 0.3) is 0 Å². The van der Waals surface area contributed by atoms with Gasteiger partial charge in [0.15, 0.2) is 16.6 Å². The van der Waals surface area contributed by atoms with Gasteiger partial charge in [0.05, 0.1) is 20.3 Å². The normalized spacial score (nSPS) is 11.4. The number of aromatic nitrogens is 1. The number of nitrogens with zero attached hydrogens (tertiary/aromatic N) is 2. The van der Waals surface area contributed by atoms with Gasteiger partial charge in [-0.1, -0.05) is 42.5 Å².